The number of amides is 2. The molecule has 0 radical (unpaired) electrons. The number of rotatable bonds is 2. The Labute approximate surface area is 84.8 Å². The number of carbonyl (C=O) groups is 1. The first-order valence-corrected chi connectivity index (χ1v) is 4.05. The standard InChI is InChI=1S/C9H9F2N3O/c1-5-2-6(4-13-14-9(12)15)8(11)7(10)3-5/h2-4H,1H3,(H3,12,14,15). The van der Waals surface area contributed by atoms with Crippen LogP contribution in [0.1, 0.15) is 11.1 Å². The molecule has 0 aliphatic carbocycles. The molecule has 0 atom stereocenters. The first-order valence-electron chi connectivity index (χ1n) is 4.05. The summed E-state index contributed by atoms with van der Waals surface area (Å²) in [5.74, 6) is -1.98. The second kappa shape index (κ2) is 4.50. The van der Waals surface area contributed by atoms with Crippen molar-refractivity contribution in [1.29, 1.82) is 0 Å². The van der Waals surface area contributed by atoms with E-state index in [2.05, 4.69) is 5.10 Å². The van der Waals surface area contributed by atoms with Gasteiger partial charge >= 0.3 is 6.03 Å². The highest BCUT2D eigenvalue weighted by Crippen LogP contribution is 2.12. The third-order valence-corrected chi connectivity index (χ3v) is 1.58. The molecule has 1 aromatic carbocycles. The number of halogens is 2. The Balaban J connectivity index is 2.94. The number of hydrazone groups is 1. The molecule has 0 saturated carbocycles. The minimum Gasteiger partial charge on any atom is -0.350 e. The van der Waals surface area contributed by atoms with E-state index in [0.717, 1.165) is 12.3 Å². The van der Waals surface area contributed by atoms with Crippen molar-refractivity contribution in [3.8, 4) is 0 Å². The zero-order valence-electron chi connectivity index (χ0n) is 7.92. The zero-order valence-corrected chi connectivity index (χ0v) is 7.92. The number of nitrogens with one attached hydrogen (secondary N) is 1. The van der Waals surface area contributed by atoms with Gasteiger partial charge in [0.15, 0.2) is 11.6 Å². The van der Waals surface area contributed by atoms with Crippen LogP contribution in [-0.2, 0) is 0 Å². The van der Waals surface area contributed by atoms with Gasteiger partial charge in [0.1, 0.15) is 0 Å². The van der Waals surface area contributed by atoms with Crippen LogP contribution in [0.3, 0.4) is 0 Å². The Bertz CT molecular complexity index is 418. The molecule has 0 aliphatic rings. The van der Waals surface area contributed by atoms with Gasteiger partial charge in [-0.05, 0) is 24.6 Å². The highest BCUT2D eigenvalue weighted by Gasteiger charge is 2.07. The number of nitrogens with zero attached hydrogens (tertiary/aromatic N) is 1. The predicted octanol–water partition coefficient (Wildman–Crippen LogP) is 1.28. The minimum atomic E-state index is -1.02. The maximum atomic E-state index is 13.1. The van der Waals surface area contributed by atoms with Gasteiger partial charge in [-0.15, -0.1) is 0 Å². The molecule has 80 valence electrons. The quantitative estimate of drug-likeness (QED) is 0.564. The zero-order chi connectivity index (χ0) is 11.4. The van der Waals surface area contributed by atoms with Gasteiger partial charge in [0, 0.05) is 5.56 Å². The van der Waals surface area contributed by atoms with E-state index in [1.807, 2.05) is 5.43 Å². The molecule has 0 fully saturated rings. The van der Waals surface area contributed by atoms with Crippen LogP contribution in [0.5, 0.6) is 0 Å². The van der Waals surface area contributed by atoms with E-state index in [4.69, 9.17) is 5.73 Å². The van der Waals surface area contributed by atoms with Crippen molar-refractivity contribution in [1.82, 2.24) is 5.43 Å². The lowest BCUT2D eigenvalue weighted by Crippen LogP contribution is -2.24. The van der Waals surface area contributed by atoms with Crippen molar-refractivity contribution in [2.24, 2.45) is 10.8 Å². The van der Waals surface area contributed by atoms with E-state index < -0.39 is 17.7 Å². The van der Waals surface area contributed by atoms with Gasteiger partial charge in [-0.2, -0.15) is 5.10 Å². The molecule has 1 aromatic rings. The maximum absolute atomic E-state index is 13.1. The van der Waals surface area contributed by atoms with Gasteiger partial charge in [0.05, 0.1) is 6.21 Å². The molecular formula is C9H9F2N3O. The number of primary amides is 1. The topological polar surface area (TPSA) is 67.5 Å². The molecule has 2 amide bonds. The monoisotopic (exact) mass is 213 g/mol. The third kappa shape index (κ3) is 3.01. The van der Waals surface area contributed by atoms with Gasteiger partial charge in [-0.3, -0.25) is 0 Å². The normalized spacial score (nSPS) is 10.6. The lowest BCUT2D eigenvalue weighted by Gasteiger charge is -2.00. The molecule has 6 heteroatoms. The average Bonchev–Trinajstić information content (AvgIpc) is 2.12. The molecule has 4 nitrogen and oxygen atoms in total. The second-order valence-corrected chi connectivity index (χ2v) is 2.88. The lowest BCUT2D eigenvalue weighted by atomic mass is 10.1. The summed E-state index contributed by atoms with van der Waals surface area (Å²) < 4.78 is 26.0. The van der Waals surface area contributed by atoms with E-state index in [1.54, 1.807) is 6.92 Å². The van der Waals surface area contributed by atoms with Crippen molar-refractivity contribution in [2.75, 3.05) is 0 Å². The molecule has 0 spiro atoms. The number of hydrogen-bond acceptors (Lipinski definition) is 2. The number of nitrogens with two attached hydrogens (primary N) is 1. The van der Waals surface area contributed by atoms with Crippen molar-refractivity contribution in [3.63, 3.8) is 0 Å². The number of hydrogen-bond donors (Lipinski definition) is 2. The summed E-state index contributed by atoms with van der Waals surface area (Å²) in [5, 5.41) is 3.33. The van der Waals surface area contributed by atoms with E-state index in [1.165, 1.54) is 6.07 Å². The van der Waals surface area contributed by atoms with Gasteiger partial charge in [-0.1, -0.05) is 0 Å². The van der Waals surface area contributed by atoms with Gasteiger partial charge in [-0.25, -0.2) is 19.0 Å². The molecule has 0 heterocycles. The highest BCUT2D eigenvalue weighted by molar-refractivity contribution is 5.82. The summed E-state index contributed by atoms with van der Waals surface area (Å²) in [6.07, 6.45) is 0.982. The van der Waals surface area contributed by atoms with Crippen molar-refractivity contribution in [2.45, 2.75) is 6.92 Å². The minimum absolute atomic E-state index is 0.0544. The molecule has 0 aromatic heterocycles. The molecule has 0 bridgehead atoms. The van der Waals surface area contributed by atoms with Crippen LogP contribution in [0, 0.1) is 18.6 Å². The van der Waals surface area contributed by atoms with E-state index >= 15 is 0 Å². The fourth-order valence-electron chi connectivity index (χ4n) is 1.01. The summed E-state index contributed by atoms with van der Waals surface area (Å²) in [6, 6.07) is 1.58. The second-order valence-electron chi connectivity index (χ2n) is 2.88. The van der Waals surface area contributed by atoms with E-state index in [0.29, 0.717) is 5.56 Å². The summed E-state index contributed by atoms with van der Waals surface area (Å²) in [7, 11) is 0. The van der Waals surface area contributed by atoms with Crippen LogP contribution in [0.15, 0.2) is 17.2 Å². The molecule has 3 N–H and O–H groups in total. The van der Waals surface area contributed by atoms with E-state index in [-0.39, 0.29) is 5.56 Å². The number of benzene rings is 1. The van der Waals surface area contributed by atoms with Crippen molar-refractivity contribution < 1.29 is 13.6 Å². The van der Waals surface area contributed by atoms with Crippen LogP contribution >= 0.6 is 0 Å². The lowest BCUT2D eigenvalue weighted by molar-refractivity contribution is 0.249. The molecule has 0 unspecified atom stereocenters. The van der Waals surface area contributed by atoms with Crippen LogP contribution < -0.4 is 11.2 Å². The number of carbonyl (C=O) groups excluding carboxylic acids is 1. The first-order chi connectivity index (χ1) is 7.00. The van der Waals surface area contributed by atoms with Crippen LogP contribution in [-0.4, -0.2) is 12.2 Å². The van der Waals surface area contributed by atoms with Gasteiger partial charge in [0.2, 0.25) is 0 Å². The number of aryl methyl sites for hydroxylation is 1. The Morgan fingerprint density at radius 2 is 2.20 bits per heavy atom. The summed E-state index contributed by atoms with van der Waals surface area (Å²) in [6.45, 7) is 1.61. The Morgan fingerprint density at radius 3 is 2.80 bits per heavy atom. The first kappa shape index (κ1) is 11.1. The SMILES string of the molecule is Cc1cc(F)c(F)c(C=NNC(N)=O)c1. The van der Waals surface area contributed by atoms with Crippen molar-refractivity contribution in [3.05, 3.63) is 34.9 Å². The van der Waals surface area contributed by atoms with Crippen LogP contribution in [0.2, 0.25) is 0 Å². The smallest absolute Gasteiger partial charge is 0.332 e. The average molecular weight is 213 g/mol. The molecule has 15 heavy (non-hydrogen) atoms. The summed E-state index contributed by atoms with van der Waals surface area (Å²) >= 11 is 0. The van der Waals surface area contributed by atoms with Gasteiger partial charge < -0.3 is 5.73 Å². The predicted molar refractivity (Wildman–Crippen MR) is 51.4 cm³/mol. The Hall–Kier alpha value is -1.98. The largest absolute Gasteiger partial charge is 0.350 e. The Morgan fingerprint density at radius 1 is 1.53 bits per heavy atom. The fraction of sp³-hybridized carbons (Fsp3) is 0.111. The van der Waals surface area contributed by atoms with Crippen LogP contribution in [0.4, 0.5) is 13.6 Å². The fourth-order valence-corrected chi connectivity index (χ4v) is 1.01. The molecule has 1 rings (SSSR count). The summed E-state index contributed by atoms with van der Waals surface area (Å²) in [4.78, 5) is 10.2. The van der Waals surface area contributed by atoms with Crippen molar-refractivity contribution >= 4 is 12.2 Å². The Kier molecular flexibility index (Phi) is 3.33. The maximum Gasteiger partial charge on any atom is 0.332 e. The number of urea groups is 1. The molecule has 0 aliphatic heterocycles. The van der Waals surface area contributed by atoms with E-state index in [9.17, 15) is 13.6 Å². The third-order valence-electron chi connectivity index (χ3n) is 1.58. The highest BCUT2D eigenvalue weighted by atomic mass is 19.2. The molecule has 0 saturated heterocycles. The van der Waals surface area contributed by atoms with Crippen LogP contribution in [0.25, 0.3) is 0 Å². The molecular weight excluding hydrogens is 204 g/mol. The van der Waals surface area contributed by atoms with Gasteiger partial charge in [0.25, 0.3) is 0 Å². The summed E-state index contributed by atoms with van der Waals surface area (Å²) in [5.41, 5.74) is 7.10.